The van der Waals surface area contributed by atoms with Gasteiger partial charge in [-0.15, -0.1) is 0 Å². The molecule has 0 spiro atoms. The summed E-state index contributed by atoms with van der Waals surface area (Å²) in [6.45, 7) is 7.03. The molecule has 2 aromatic carbocycles. The first kappa shape index (κ1) is 18.0. The Morgan fingerprint density at radius 2 is 1.92 bits per heavy atom. The molecule has 1 amide bonds. The average Bonchev–Trinajstić information content (AvgIpc) is 2.91. The summed E-state index contributed by atoms with van der Waals surface area (Å²) in [6.07, 6.45) is 2.10. The van der Waals surface area contributed by atoms with E-state index in [-0.39, 0.29) is 5.91 Å². The van der Waals surface area contributed by atoms with Gasteiger partial charge >= 0.3 is 0 Å². The van der Waals surface area contributed by atoms with E-state index in [9.17, 15) is 4.79 Å². The van der Waals surface area contributed by atoms with Crippen LogP contribution in [0, 0.1) is 20.8 Å². The second-order valence-corrected chi connectivity index (χ2v) is 8.15. The molecule has 0 saturated heterocycles. The number of hydrogen-bond acceptors (Lipinski definition) is 3. The maximum Gasteiger partial charge on any atom is 0.279 e. The molecule has 130 valence electrons. The molecule has 0 bridgehead atoms. The van der Waals surface area contributed by atoms with Gasteiger partial charge in [-0.1, -0.05) is 35.6 Å². The fourth-order valence-electron chi connectivity index (χ4n) is 2.96. The van der Waals surface area contributed by atoms with Crippen molar-refractivity contribution in [1.82, 2.24) is 4.57 Å². The number of aromatic nitrogens is 1. The van der Waals surface area contributed by atoms with E-state index in [4.69, 9.17) is 0 Å². The van der Waals surface area contributed by atoms with Crippen LogP contribution in [-0.2, 0) is 6.54 Å². The zero-order valence-electron chi connectivity index (χ0n) is 15.0. The Hall–Kier alpha value is -1.85. The summed E-state index contributed by atoms with van der Waals surface area (Å²) in [6, 6.07) is 12.0. The maximum atomic E-state index is 12.7. The quantitative estimate of drug-likeness (QED) is 0.665. The number of thioether (sulfide) groups is 1. The highest BCUT2D eigenvalue weighted by Crippen LogP contribution is 2.24. The van der Waals surface area contributed by atoms with E-state index in [2.05, 4.69) is 41.8 Å². The molecule has 0 saturated carbocycles. The molecule has 0 N–H and O–H groups in total. The van der Waals surface area contributed by atoms with Gasteiger partial charge in [0.05, 0.1) is 10.2 Å². The predicted molar refractivity (Wildman–Crippen MR) is 109 cm³/mol. The second kappa shape index (κ2) is 7.58. The molecule has 0 aliphatic heterocycles. The number of rotatable bonds is 4. The third-order valence-electron chi connectivity index (χ3n) is 4.21. The minimum Gasteiger partial charge on any atom is -0.315 e. The Bertz CT molecular complexity index is 999. The number of thiazole rings is 1. The van der Waals surface area contributed by atoms with Gasteiger partial charge in [0, 0.05) is 17.9 Å². The minimum absolute atomic E-state index is 0.170. The lowest BCUT2D eigenvalue weighted by Crippen LogP contribution is -2.18. The van der Waals surface area contributed by atoms with Crippen LogP contribution in [0.4, 0.5) is 0 Å². The number of carbonyl (C=O) groups excluding carboxylic acids is 1. The lowest BCUT2D eigenvalue weighted by Gasteiger charge is -2.06. The topological polar surface area (TPSA) is 34.4 Å². The summed E-state index contributed by atoms with van der Waals surface area (Å²) in [5.74, 6) is 0.821. The molecular formula is C20H22N2OS2. The molecule has 1 aromatic heterocycles. The lowest BCUT2D eigenvalue weighted by atomic mass is 10.1. The van der Waals surface area contributed by atoms with Crippen LogP contribution in [0.1, 0.15) is 27.0 Å². The zero-order valence-corrected chi connectivity index (χ0v) is 16.6. The van der Waals surface area contributed by atoms with Crippen LogP contribution in [0.5, 0.6) is 0 Å². The van der Waals surface area contributed by atoms with E-state index in [0.29, 0.717) is 5.56 Å². The van der Waals surface area contributed by atoms with Gasteiger partial charge in [-0.05, 0) is 55.9 Å². The maximum absolute atomic E-state index is 12.7. The number of hydrogen-bond donors (Lipinski definition) is 0. The lowest BCUT2D eigenvalue weighted by molar-refractivity contribution is 0.0997. The molecule has 3 nitrogen and oxygen atoms in total. The van der Waals surface area contributed by atoms with Gasteiger partial charge in [-0.25, -0.2) is 0 Å². The van der Waals surface area contributed by atoms with E-state index < -0.39 is 0 Å². The second-order valence-electron chi connectivity index (χ2n) is 6.19. The smallest absolute Gasteiger partial charge is 0.279 e. The molecular weight excluding hydrogens is 348 g/mol. The van der Waals surface area contributed by atoms with Crippen molar-refractivity contribution < 1.29 is 4.79 Å². The van der Waals surface area contributed by atoms with Gasteiger partial charge in [0.2, 0.25) is 0 Å². The Kier molecular flexibility index (Phi) is 5.45. The van der Waals surface area contributed by atoms with E-state index >= 15 is 0 Å². The number of benzene rings is 2. The summed E-state index contributed by atoms with van der Waals surface area (Å²) in [4.78, 5) is 18.0. The SMILES string of the molecule is CSCCn1c(=NC(=O)c2ccccc2C)sc2c(C)cc(C)cc21. The normalized spacial score (nSPS) is 12.1. The van der Waals surface area contributed by atoms with Crippen LogP contribution in [0.2, 0.25) is 0 Å². The number of nitrogens with zero attached hydrogens (tertiary/aromatic N) is 2. The molecule has 5 heteroatoms. The third-order valence-corrected chi connectivity index (χ3v) is 6.03. The number of aryl methyl sites for hydroxylation is 4. The average molecular weight is 371 g/mol. The van der Waals surface area contributed by atoms with Crippen molar-refractivity contribution in [3.8, 4) is 0 Å². The Morgan fingerprint density at radius 3 is 2.64 bits per heavy atom. The van der Waals surface area contributed by atoms with E-state index in [1.807, 2.05) is 31.2 Å². The van der Waals surface area contributed by atoms with Crippen molar-refractivity contribution in [2.75, 3.05) is 12.0 Å². The number of carbonyl (C=O) groups is 1. The summed E-state index contributed by atoms with van der Waals surface area (Å²) in [5, 5.41) is 0. The van der Waals surface area contributed by atoms with Gasteiger partial charge in [0.15, 0.2) is 4.80 Å². The van der Waals surface area contributed by atoms with Crippen molar-refractivity contribution in [2.24, 2.45) is 4.99 Å². The van der Waals surface area contributed by atoms with Crippen LogP contribution in [0.3, 0.4) is 0 Å². The van der Waals surface area contributed by atoms with Gasteiger partial charge in [0.25, 0.3) is 5.91 Å². The fourth-order valence-corrected chi connectivity index (χ4v) is 4.43. The summed E-state index contributed by atoms with van der Waals surface area (Å²) in [5.41, 5.74) is 5.28. The highest BCUT2D eigenvalue weighted by molar-refractivity contribution is 7.98. The Balaban J connectivity index is 2.19. The van der Waals surface area contributed by atoms with Crippen LogP contribution < -0.4 is 4.80 Å². The van der Waals surface area contributed by atoms with Crippen molar-refractivity contribution in [2.45, 2.75) is 27.3 Å². The highest BCUT2D eigenvalue weighted by atomic mass is 32.2. The number of fused-ring (bicyclic) bond motifs is 1. The molecule has 0 aliphatic rings. The van der Waals surface area contributed by atoms with Crippen LogP contribution >= 0.6 is 23.1 Å². The number of amides is 1. The van der Waals surface area contributed by atoms with Crippen LogP contribution in [-0.4, -0.2) is 22.5 Å². The molecule has 25 heavy (non-hydrogen) atoms. The van der Waals surface area contributed by atoms with Crippen molar-refractivity contribution in [3.63, 3.8) is 0 Å². The molecule has 0 fully saturated rings. The first-order valence-corrected chi connectivity index (χ1v) is 10.5. The zero-order chi connectivity index (χ0) is 18.0. The molecule has 0 atom stereocenters. The first-order valence-electron chi connectivity index (χ1n) is 8.25. The molecule has 0 unspecified atom stereocenters. The molecule has 3 aromatic rings. The van der Waals surface area contributed by atoms with Gasteiger partial charge in [0.1, 0.15) is 0 Å². The first-order chi connectivity index (χ1) is 12.0. The Morgan fingerprint density at radius 1 is 1.16 bits per heavy atom. The van der Waals surface area contributed by atoms with Crippen LogP contribution in [0.25, 0.3) is 10.2 Å². The minimum atomic E-state index is -0.170. The summed E-state index contributed by atoms with van der Waals surface area (Å²) < 4.78 is 3.40. The molecule has 0 radical (unpaired) electrons. The van der Waals surface area contributed by atoms with Gasteiger partial charge in [-0.2, -0.15) is 16.8 Å². The van der Waals surface area contributed by atoms with E-state index in [0.717, 1.165) is 22.7 Å². The van der Waals surface area contributed by atoms with Gasteiger partial charge < -0.3 is 4.57 Å². The molecule has 1 heterocycles. The van der Waals surface area contributed by atoms with Crippen molar-refractivity contribution in [3.05, 3.63) is 63.5 Å². The predicted octanol–water partition coefficient (Wildman–Crippen LogP) is 4.73. The van der Waals surface area contributed by atoms with Crippen LogP contribution in [0.15, 0.2) is 41.4 Å². The largest absolute Gasteiger partial charge is 0.315 e. The molecule has 0 aliphatic carbocycles. The Labute approximate surface area is 156 Å². The highest BCUT2D eigenvalue weighted by Gasteiger charge is 2.12. The third kappa shape index (κ3) is 3.72. The van der Waals surface area contributed by atoms with E-state index in [1.54, 1.807) is 23.1 Å². The van der Waals surface area contributed by atoms with Crippen molar-refractivity contribution >= 4 is 39.2 Å². The monoisotopic (exact) mass is 370 g/mol. The standard InChI is InChI=1S/C20H22N2OS2/c1-13-11-15(3)18-17(12-13)22(9-10-24-4)20(25-18)21-19(23)16-8-6-5-7-14(16)2/h5-8,11-12H,9-10H2,1-4H3. The summed E-state index contributed by atoms with van der Waals surface area (Å²) in [7, 11) is 0. The fraction of sp³-hybridized carbons (Fsp3) is 0.300. The van der Waals surface area contributed by atoms with Gasteiger partial charge in [-0.3, -0.25) is 4.79 Å². The van der Waals surface area contributed by atoms with Crippen molar-refractivity contribution in [1.29, 1.82) is 0 Å². The van der Waals surface area contributed by atoms with E-state index in [1.165, 1.54) is 21.3 Å². The summed E-state index contributed by atoms with van der Waals surface area (Å²) >= 11 is 3.41. The molecule has 3 rings (SSSR count).